The summed E-state index contributed by atoms with van der Waals surface area (Å²) in [5.74, 6) is 3.17. The van der Waals surface area contributed by atoms with Gasteiger partial charge in [-0.25, -0.2) is 18.6 Å². The zero-order valence-corrected chi connectivity index (χ0v) is 21.6. The van der Waals surface area contributed by atoms with Crippen molar-refractivity contribution < 1.29 is 27.8 Å². The Morgan fingerprint density at radius 2 is 1.81 bits per heavy atom. The zero-order valence-electron chi connectivity index (χ0n) is 21.6. The van der Waals surface area contributed by atoms with Gasteiger partial charge in [0.05, 0.1) is 31.2 Å². The van der Waals surface area contributed by atoms with Crippen LogP contribution in [-0.2, 0) is 4.74 Å². The van der Waals surface area contributed by atoms with Crippen LogP contribution >= 0.6 is 0 Å². The first kappa shape index (κ1) is 26.0. The number of pyridine rings is 1. The topological polar surface area (TPSA) is 105 Å². The number of carbonyl (C=O) groups is 1. The third-order valence-electron chi connectivity index (χ3n) is 5.98. The van der Waals surface area contributed by atoms with E-state index in [1.807, 2.05) is 27.7 Å². The van der Waals surface area contributed by atoms with Crippen molar-refractivity contribution in [3.63, 3.8) is 0 Å². The molecule has 9 nitrogen and oxygen atoms in total. The Morgan fingerprint density at radius 1 is 1.16 bits per heavy atom. The van der Waals surface area contributed by atoms with E-state index in [9.17, 15) is 13.6 Å². The van der Waals surface area contributed by atoms with Crippen LogP contribution in [0, 0.1) is 30.4 Å². The first-order valence-electron chi connectivity index (χ1n) is 11.7. The summed E-state index contributed by atoms with van der Waals surface area (Å²) in [6.45, 7) is 8.16. The number of hydrogen-bond donors (Lipinski definition) is 1. The number of aryl methyl sites for hydroxylation is 1. The van der Waals surface area contributed by atoms with Gasteiger partial charge in [0.15, 0.2) is 23.1 Å². The lowest BCUT2D eigenvalue weighted by molar-refractivity contribution is 0.0288. The van der Waals surface area contributed by atoms with Crippen molar-refractivity contribution in [2.45, 2.75) is 45.8 Å². The van der Waals surface area contributed by atoms with Crippen LogP contribution in [0.4, 0.5) is 19.4 Å². The first-order chi connectivity index (χ1) is 17.4. The molecule has 0 bridgehead atoms. The molecule has 1 amide bonds. The molecule has 1 fully saturated rings. The van der Waals surface area contributed by atoms with Gasteiger partial charge in [-0.2, -0.15) is 5.10 Å². The predicted octanol–water partition coefficient (Wildman–Crippen LogP) is 4.20. The Morgan fingerprint density at radius 3 is 2.41 bits per heavy atom. The Hall–Kier alpha value is -4.07. The van der Waals surface area contributed by atoms with Crippen LogP contribution in [0.3, 0.4) is 0 Å². The molecule has 2 N–H and O–H groups in total. The Kier molecular flexibility index (Phi) is 6.86. The number of nitrogens with zero attached hydrogens (tertiary/aromatic N) is 4. The number of halogens is 2. The highest BCUT2D eigenvalue weighted by atomic mass is 19.1. The molecule has 1 aromatic carbocycles. The molecule has 2 aromatic heterocycles. The van der Waals surface area contributed by atoms with Crippen LogP contribution in [0.25, 0.3) is 10.9 Å². The number of hydrogen-bond acceptors (Lipinski definition) is 7. The fraction of sp³-hybridized carbons (Fsp3) is 0.423. The monoisotopic (exact) mass is 513 g/mol. The minimum Gasteiger partial charge on any atom is -0.493 e. The van der Waals surface area contributed by atoms with Crippen LogP contribution in [0.1, 0.15) is 50.1 Å². The second-order valence-electron chi connectivity index (χ2n) is 9.75. The maximum absolute atomic E-state index is 14.9. The standard InChI is InChI=1S/C26H29F2N5O4/c1-14-12-30-24(29)20-17(8-7-16-21(27)18(35-5)11-19(36-6)22(16)28)31-33(23(14)20)15-9-10-32(13-15)25(34)37-26(2,3)4/h11-12,15H,9-10,13H2,1-6H3,(H2,29,30)/t15-/m0/s1. The molecule has 0 unspecified atom stereocenters. The largest absolute Gasteiger partial charge is 0.493 e. The number of nitrogens with two attached hydrogens (primary N) is 1. The van der Waals surface area contributed by atoms with Crippen molar-refractivity contribution in [1.29, 1.82) is 0 Å². The van der Waals surface area contributed by atoms with Crippen molar-refractivity contribution in [2.75, 3.05) is 33.0 Å². The SMILES string of the molecule is COc1cc(OC)c(F)c(C#Cc2nn([C@H]3CCN(C(=O)OC(C)(C)C)C3)c3c(C)cnc(N)c23)c1F. The predicted molar refractivity (Wildman–Crippen MR) is 134 cm³/mol. The average Bonchev–Trinajstić information content (AvgIpc) is 3.46. The van der Waals surface area contributed by atoms with E-state index in [4.69, 9.17) is 19.9 Å². The number of fused-ring (bicyclic) bond motifs is 1. The highest BCUT2D eigenvalue weighted by molar-refractivity contribution is 5.95. The Labute approximate surface area is 213 Å². The summed E-state index contributed by atoms with van der Waals surface area (Å²) in [5.41, 5.74) is 6.76. The smallest absolute Gasteiger partial charge is 0.410 e. The molecular formula is C26H29F2N5O4. The van der Waals surface area contributed by atoms with Crippen LogP contribution in [0.2, 0.25) is 0 Å². The minimum atomic E-state index is -0.955. The maximum Gasteiger partial charge on any atom is 0.410 e. The highest BCUT2D eigenvalue weighted by Crippen LogP contribution is 2.33. The van der Waals surface area contributed by atoms with Crippen molar-refractivity contribution in [3.8, 4) is 23.3 Å². The van der Waals surface area contributed by atoms with Gasteiger partial charge in [0, 0.05) is 25.4 Å². The highest BCUT2D eigenvalue weighted by Gasteiger charge is 2.33. The lowest BCUT2D eigenvalue weighted by Gasteiger charge is -2.24. The third kappa shape index (κ3) is 4.96. The molecule has 0 aliphatic carbocycles. The van der Waals surface area contributed by atoms with E-state index in [0.29, 0.717) is 30.4 Å². The summed E-state index contributed by atoms with van der Waals surface area (Å²) < 4.78 is 47.0. The van der Waals surface area contributed by atoms with Gasteiger partial charge in [-0.15, -0.1) is 0 Å². The third-order valence-corrected chi connectivity index (χ3v) is 5.98. The molecule has 11 heteroatoms. The zero-order chi connectivity index (χ0) is 27.1. The minimum absolute atomic E-state index is 0.183. The number of benzene rings is 1. The summed E-state index contributed by atoms with van der Waals surface area (Å²) in [6.07, 6.45) is 1.85. The number of aromatic nitrogens is 3. The fourth-order valence-electron chi connectivity index (χ4n) is 4.25. The van der Waals surface area contributed by atoms with Crippen molar-refractivity contribution in [2.24, 2.45) is 0 Å². The maximum atomic E-state index is 14.9. The van der Waals surface area contributed by atoms with Crippen molar-refractivity contribution >= 4 is 22.8 Å². The van der Waals surface area contributed by atoms with E-state index in [2.05, 4.69) is 21.9 Å². The molecule has 37 heavy (non-hydrogen) atoms. The lowest BCUT2D eigenvalue weighted by Crippen LogP contribution is -2.35. The average molecular weight is 514 g/mol. The van der Waals surface area contributed by atoms with Crippen LogP contribution in [-0.4, -0.2) is 58.7 Å². The first-order valence-corrected chi connectivity index (χ1v) is 11.7. The molecular weight excluding hydrogens is 484 g/mol. The summed E-state index contributed by atoms with van der Waals surface area (Å²) in [6, 6.07) is 0.929. The number of amides is 1. The molecule has 1 atom stereocenters. The van der Waals surface area contributed by atoms with Gasteiger partial charge in [0.1, 0.15) is 22.7 Å². The fourth-order valence-corrected chi connectivity index (χ4v) is 4.25. The molecule has 3 heterocycles. The summed E-state index contributed by atoms with van der Waals surface area (Å²) >= 11 is 0. The van der Waals surface area contributed by atoms with Gasteiger partial charge in [-0.1, -0.05) is 5.92 Å². The molecule has 1 aliphatic rings. The van der Waals surface area contributed by atoms with E-state index in [1.165, 1.54) is 14.2 Å². The van der Waals surface area contributed by atoms with Gasteiger partial charge < -0.3 is 24.8 Å². The van der Waals surface area contributed by atoms with Crippen LogP contribution < -0.4 is 15.2 Å². The summed E-state index contributed by atoms with van der Waals surface area (Å²) in [4.78, 5) is 18.4. The van der Waals surface area contributed by atoms with E-state index in [-0.39, 0.29) is 29.1 Å². The Bertz CT molecular complexity index is 1410. The Balaban J connectivity index is 1.78. The number of carbonyl (C=O) groups excluding carboxylic acids is 1. The quantitative estimate of drug-likeness (QED) is 0.524. The molecule has 196 valence electrons. The number of anilines is 1. The second kappa shape index (κ2) is 9.76. The van der Waals surface area contributed by atoms with Gasteiger partial charge in [0.25, 0.3) is 0 Å². The molecule has 3 aromatic rings. The normalized spacial score (nSPS) is 15.5. The van der Waals surface area contributed by atoms with E-state index < -0.39 is 28.9 Å². The van der Waals surface area contributed by atoms with Gasteiger partial charge >= 0.3 is 6.09 Å². The van der Waals surface area contributed by atoms with E-state index >= 15 is 0 Å². The summed E-state index contributed by atoms with van der Waals surface area (Å²) in [5, 5.41) is 5.13. The van der Waals surface area contributed by atoms with Gasteiger partial charge in [-0.3, -0.25) is 4.68 Å². The lowest BCUT2D eigenvalue weighted by atomic mass is 10.1. The number of likely N-dealkylation sites (tertiary alicyclic amines) is 1. The summed E-state index contributed by atoms with van der Waals surface area (Å²) in [7, 11) is 2.53. The molecule has 0 saturated carbocycles. The second-order valence-corrected chi connectivity index (χ2v) is 9.75. The number of rotatable bonds is 3. The number of nitrogen functional groups attached to an aromatic ring is 1. The number of methoxy groups -OCH3 is 2. The van der Waals surface area contributed by atoms with Crippen molar-refractivity contribution in [1.82, 2.24) is 19.7 Å². The molecule has 1 aliphatic heterocycles. The molecule has 0 spiro atoms. The number of ether oxygens (including phenoxy) is 3. The van der Waals surface area contributed by atoms with Crippen LogP contribution in [0.5, 0.6) is 11.5 Å². The molecule has 4 rings (SSSR count). The van der Waals surface area contributed by atoms with E-state index in [0.717, 1.165) is 11.6 Å². The molecule has 1 saturated heterocycles. The van der Waals surface area contributed by atoms with Crippen molar-refractivity contribution in [3.05, 3.63) is 40.7 Å². The molecule has 0 radical (unpaired) electrons. The van der Waals surface area contributed by atoms with E-state index in [1.54, 1.807) is 15.8 Å². The van der Waals surface area contributed by atoms with Gasteiger partial charge in [0.2, 0.25) is 0 Å². The van der Waals surface area contributed by atoms with Gasteiger partial charge in [-0.05, 0) is 45.6 Å². The van der Waals surface area contributed by atoms with Crippen LogP contribution in [0.15, 0.2) is 12.3 Å².